The molecule has 0 heterocycles. The molecule has 0 amide bonds. The molecular weight excluding hydrogens is 363 g/mol. The zero-order valence-electron chi connectivity index (χ0n) is 6.13. The third-order valence-electron chi connectivity index (χ3n) is 0. The third kappa shape index (κ3) is 1400. The van der Waals surface area contributed by atoms with Crippen LogP contribution in [0.25, 0.3) is 0 Å². The van der Waals surface area contributed by atoms with Gasteiger partial charge in [0.05, 0.1) is 0 Å². The molecule has 3 nitrogen and oxygen atoms in total. The maximum atomic E-state index is 4.66. The molecule has 0 spiro atoms. The average molecular weight is 369 g/mol. The van der Waals surface area contributed by atoms with Gasteiger partial charge in [0.15, 0.2) is 0 Å². The minimum Gasteiger partial charge on any atom is -0.415 e. The number of thiocarbonyl (C=S) groups is 3. The zero-order valence-corrected chi connectivity index (χ0v) is 13.2. The monoisotopic (exact) mass is 369 g/mol. The Morgan fingerprint density at radius 3 is 0.692 bits per heavy atom. The fraction of sp³-hybridized carbons (Fsp3) is 0. The van der Waals surface area contributed by atoms with Crippen LogP contribution in [0.3, 0.4) is 0 Å². The van der Waals surface area contributed by atoms with Gasteiger partial charge in [-0.3, -0.25) is 0 Å². The van der Waals surface area contributed by atoms with Crippen molar-refractivity contribution in [2.24, 2.45) is 17.2 Å². The van der Waals surface area contributed by atoms with E-state index in [2.05, 4.69) is 91.7 Å². The quantitative estimate of drug-likeness (QED) is 0.293. The minimum absolute atomic E-state index is 0. The largest absolute Gasteiger partial charge is 3.00 e. The Morgan fingerprint density at radius 1 is 0.692 bits per heavy atom. The van der Waals surface area contributed by atoms with Crippen molar-refractivity contribution < 1.29 is 22.4 Å². The van der Waals surface area contributed by atoms with Crippen LogP contribution in [0.15, 0.2) is 0 Å². The molecule has 13 heavy (non-hydrogen) atoms. The van der Waals surface area contributed by atoms with Gasteiger partial charge in [0, 0.05) is 0 Å². The SMILES string of the molecule is NC(=S)[S-].NC(=S)[S-].NC(=S)[S-].[Nb+3]. The predicted octanol–water partition coefficient (Wildman–Crippen LogP) is -0.672. The molecule has 0 saturated heterocycles. The normalized spacial score (nSPS) is 5.54. The van der Waals surface area contributed by atoms with E-state index in [1.165, 1.54) is 0 Å². The van der Waals surface area contributed by atoms with Gasteiger partial charge >= 0.3 is 22.4 Å². The second-order valence-electron chi connectivity index (χ2n) is 0.957. The second kappa shape index (κ2) is 18.8. The number of rotatable bonds is 0. The molecule has 0 fully saturated rings. The van der Waals surface area contributed by atoms with Crippen molar-refractivity contribution in [3.05, 3.63) is 0 Å². The van der Waals surface area contributed by atoms with Crippen molar-refractivity contribution in [2.45, 2.75) is 0 Å². The van der Waals surface area contributed by atoms with Gasteiger partial charge in [-0.25, -0.2) is 0 Å². The van der Waals surface area contributed by atoms with E-state index in [1.54, 1.807) is 0 Å². The standard InChI is InChI=1S/3CH3NS2.Nb/c3*2-1(3)4;/h3*(H3,2,3,4);/q;;;+3/p-3. The van der Waals surface area contributed by atoms with Crippen LogP contribution < -0.4 is 17.2 Å². The van der Waals surface area contributed by atoms with Crippen molar-refractivity contribution in [3.63, 3.8) is 0 Å². The van der Waals surface area contributed by atoms with Crippen LogP contribution in [0.1, 0.15) is 0 Å². The van der Waals surface area contributed by atoms with Crippen molar-refractivity contribution >= 4 is 87.5 Å². The summed E-state index contributed by atoms with van der Waals surface area (Å²) < 4.78 is 0.250. The van der Waals surface area contributed by atoms with E-state index >= 15 is 0 Å². The van der Waals surface area contributed by atoms with Crippen molar-refractivity contribution in [1.82, 2.24) is 0 Å². The van der Waals surface area contributed by atoms with Crippen LogP contribution >= 0.6 is 36.7 Å². The summed E-state index contributed by atoms with van der Waals surface area (Å²) in [6, 6.07) is 0. The minimum atomic E-state index is 0. The molecule has 10 heteroatoms. The molecular formula is C3H6N3NbS6. The van der Waals surface area contributed by atoms with Gasteiger partial charge in [0.2, 0.25) is 0 Å². The summed E-state index contributed by atoms with van der Waals surface area (Å²) in [4.78, 5) is 0. The molecule has 0 atom stereocenters. The Labute approximate surface area is 126 Å². The van der Waals surface area contributed by atoms with E-state index in [1.807, 2.05) is 0 Å². The van der Waals surface area contributed by atoms with Gasteiger partial charge in [0.1, 0.15) is 0 Å². The zero-order chi connectivity index (χ0) is 10.7. The van der Waals surface area contributed by atoms with Crippen molar-refractivity contribution in [1.29, 1.82) is 0 Å². The average Bonchev–Trinajstić information content (AvgIpc) is 1.54. The number of hydrogen-bond acceptors (Lipinski definition) is 6. The van der Waals surface area contributed by atoms with Gasteiger partial charge < -0.3 is 91.7 Å². The molecule has 6 N–H and O–H groups in total. The maximum Gasteiger partial charge on any atom is 3.00 e. The van der Waals surface area contributed by atoms with Crippen LogP contribution in [-0.4, -0.2) is 13.0 Å². The summed E-state index contributed by atoms with van der Waals surface area (Å²) in [7, 11) is 0. The summed E-state index contributed by atoms with van der Waals surface area (Å²) in [5, 5.41) is 0. The topological polar surface area (TPSA) is 78.1 Å². The first kappa shape index (κ1) is 23.7. The number of nitrogens with two attached hydrogens (primary N) is 3. The van der Waals surface area contributed by atoms with Crippen molar-refractivity contribution in [2.75, 3.05) is 0 Å². The molecule has 0 bridgehead atoms. The molecule has 0 aromatic heterocycles. The van der Waals surface area contributed by atoms with Crippen LogP contribution in [0.2, 0.25) is 0 Å². The molecule has 0 unspecified atom stereocenters. The van der Waals surface area contributed by atoms with Gasteiger partial charge in [-0.05, 0) is 0 Å². The molecule has 0 aromatic carbocycles. The van der Waals surface area contributed by atoms with Crippen molar-refractivity contribution in [3.8, 4) is 0 Å². The van der Waals surface area contributed by atoms with Gasteiger partial charge in [-0.15, -0.1) is 0 Å². The van der Waals surface area contributed by atoms with E-state index in [4.69, 9.17) is 0 Å². The van der Waals surface area contributed by atoms with Crippen LogP contribution in [0.4, 0.5) is 0 Å². The van der Waals surface area contributed by atoms with E-state index in [9.17, 15) is 0 Å². The van der Waals surface area contributed by atoms with Crippen LogP contribution in [0, 0.1) is 0 Å². The first-order valence-corrected chi connectivity index (χ1v) is 4.54. The Morgan fingerprint density at radius 2 is 0.692 bits per heavy atom. The molecule has 0 saturated carbocycles. The van der Waals surface area contributed by atoms with E-state index in [-0.39, 0.29) is 35.3 Å². The van der Waals surface area contributed by atoms with E-state index in [0.717, 1.165) is 0 Å². The smallest absolute Gasteiger partial charge is 0.415 e. The first-order valence-electron chi connectivity index (χ1n) is 2.09. The molecule has 0 aliphatic rings. The molecule has 0 aliphatic heterocycles. The maximum absolute atomic E-state index is 4.66. The van der Waals surface area contributed by atoms with Crippen LogP contribution in [-0.2, 0) is 60.3 Å². The fourth-order valence-corrected chi connectivity index (χ4v) is 0. The molecule has 0 rings (SSSR count). The molecule has 74 valence electrons. The summed E-state index contributed by atoms with van der Waals surface area (Å²) >= 11 is 24.8. The van der Waals surface area contributed by atoms with E-state index in [0.29, 0.717) is 0 Å². The molecule has 0 aliphatic carbocycles. The summed E-state index contributed by atoms with van der Waals surface area (Å²) in [5.41, 5.74) is 14.0. The fourth-order valence-electron chi connectivity index (χ4n) is 0. The summed E-state index contributed by atoms with van der Waals surface area (Å²) in [6.07, 6.45) is 0. The first-order chi connectivity index (χ1) is 5.20. The van der Waals surface area contributed by atoms with E-state index < -0.39 is 0 Å². The van der Waals surface area contributed by atoms with Gasteiger partial charge in [-0.2, -0.15) is 0 Å². The predicted molar refractivity (Wildman–Crippen MR) is 72.5 cm³/mol. The Kier molecular flexibility index (Phi) is 34.2. The Bertz CT molecular complexity index is 121. The van der Waals surface area contributed by atoms with Gasteiger partial charge in [0.25, 0.3) is 0 Å². The Balaban J connectivity index is -0.0000000450. The molecule has 0 radical (unpaired) electrons. The Hall–Kier alpha value is 1.07. The molecule has 0 aromatic rings. The van der Waals surface area contributed by atoms with Crippen LogP contribution in [0.5, 0.6) is 0 Å². The van der Waals surface area contributed by atoms with Gasteiger partial charge in [-0.1, -0.05) is 13.0 Å². The third-order valence-corrected chi connectivity index (χ3v) is 0. The summed E-state index contributed by atoms with van der Waals surface area (Å²) in [5.74, 6) is 0. The second-order valence-corrected chi connectivity index (χ2v) is 4.37. The number of hydrogen-bond donors (Lipinski definition) is 3. The summed E-state index contributed by atoms with van der Waals surface area (Å²) in [6.45, 7) is 0.